The van der Waals surface area contributed by atoms with Gasteiger partial charge in [0.25, 0.3) is 5.91 Å². The van der Waals surface area contributed by atoms with Gasteiger partial charge in [0.1, 0.15) is 17.9 Å². The molecule has 1 aliphatic heterocycles. The van der Waals surface area contributed by atoms with Crippen LogP contribution in [0.1, 0.15) is 44.9 Å². The largest absolute Gasteiger partial charge is 0.325 e. The second-order valence-electron chi connectivity index (χ2n) is 6.73. The summed E-state index contributed by atoms with van der Waals surface area (Å²) >= 11 is 0. The van der Waals surface area contributed by atoms with Crippen LogP contribution >= 0.6 is 0 Å². The highest BCUT2D eigenvalue weighted by Crippen LogP contribution is 2.32. The molecule has 3 rings (SSSR count). The Bertz CT molecular complexity index is 684. The number of nitrogens with zero attached hydrogens (tertiary/aromatic N) is 1. The second-order valence-corrected chi connectivity index (χ2v) is 6.73. The van der Waals surface area contributed by atoms with E-state index in [0.29, 0.717) is 12.8 Å². The zero-order chi connectivity index (χ0) is 17.9. The fourth-order valence-corrected chi connectivity index (χ4v) is 3.58. The Kier molecular flexibility index (Phi) is 5.01. The molecule has 134 valence electrons. The summed E-state index contributed by atoms with van der Waals surface area (Å²) in [5.41, 5.74) is -0.575. The Morgan fingerprint density at radius 1 is 1.16 bits per heavy atom. The van der Waals surface area contributed by atoms with Crippen molar-refractivity contribution in [3.63, 3.8) is 0 Å². The van der Waals surface area contributed by atoms with E-state index in [9.17, 15) is 18.8 Å². The first-order valence-corrected chi connectivity index (χ1v) is 8.70. The minimum atomic E-state index is -0.864. The molecule has 1 aliphatic carbocycles. The third kappa shape index (κ3) is 3.81. The molecular formula is C18H22FN3O3. The summed E-state index contributed by atoms with van der Waals surface area (Å²) in [5.74, 6) is -1.33. The van der Waals surface area contributed by atoms with Gasteiger partial charge in [-0.1, -0.05) is 38.2 Å². The maximum atomic E-state index is 13.2. The minimum Gasteiger partial charge on any atom is -0.324 e. The van der Waals surface area contributed by atoms with Crippen LogP contribution in [0.4, 0.5) is 14.9 Å². The van der Waals surface area contributed by atoms with Crippen molar-refractivity contribution in [2.75, 3.05) is 11.9 Å². The molecule has 25 heavy (non-hydrogen) atoms. The van der Waals surface area contributed by atoms with Gasteiger partial charge in [0, 0.05) is 5.69 Å². The topological polar surface area (TPSA) is 78.5 Å². The number of benzene rings is 1. The molecule has 1 spiro atoms. The van der Waals surface area contributed by atoms with E-state index in [1.807, 2.05) is 0 Å². The first kappa shape index (κ1) is 17.4. The summed E-state index contributed by atoms with van der Waals surface area (Å²) in [6.07, 6.45) is 6.23. The monoisotopic (exact) mass is 347 g/mol. The number of nitrogens with one attached hydrogen (secondary N) is 2. The predicted molar refractivity (Wildman–Crippen MR) is 90.3 cm³/mol. The summed E-state index contributed by atoms with van der Waals surface area (Å²) in [6.45, 7) is -0.372. The van der Waals surface area contributed by atoms with Crippen molar-refractivity contribution in [1.82, 2.24) is 10.2 Å². The highest BCUT2D eigenvalue weighted by Gasteiger charge is 2.50. The van der Waals surface area contributed by atoms with Crippen LogP contribution in [0, 0.1) is 5.82 Å². The molecule has 0 atom stereocenters. The van der Waals surface area contributed by atoms with Gasteiger partial charge < -0.3 is 10.6 Å². The van der Waals surface area contributed by atoms with Gasteiger partial charge in [-0.25, -0.2) is 9.18 Å². The lowest BCUT2D eigenvalue weighted by Crippen LogP contribution is -2.47. The van der Waals surface area contributed by atoms with Gasteiger partial charge in [-0.15, -0.1) is 0 Å². The zero-order valence-corrected chi connectivity index (χ0v) is 14.0. The average Bonchev–Trinajstić information content (AvgIpc) is 2.76. The number of hydrogen-bond acceptors (Lipinski definition) is 3. The Hall–Kier alpha value is -2.44. The van der Waals surface area contributed by atoms with Crippen molar-refractivity contribution >= 4 is 23.5 Å². The highest BCUT2D eigenvalue weighted by atomic mass is 19.1. The van der Waals surface area contributed by atoms with Gasteiger partial charge >= 0.3 is 6.03 Å². The molecule has 2 fully saturated rings. The van der Waals surface area contributed by atoms with E-state index in [1.54, 1.807) is 6.07 Å². The van der Waals surface area contributed by atoms with Crippen LogP contribution < -0.4 is 10.6 Å². The van der Waals surface area contributed by atoms with Crippen LogP contribution in [0.5, 0.6) is 0 Å². The molecule has 2 N–H and O–H groups in total. The van der Waals surface area contributed by atoms with E-state index in [2.05, 4.69) is 10.6 Å². The molecule has 2 aliphatic rings. The summed E-state index contributed by atoms with van der Waals surface area (Å²) < 4.78 is 13.2. The van der Waals surface area contributed by atoms with Gasteiger partial charge in [-0.3, -0.25) is 14.5 Å². The van der Waals surface area contributed by atoms with E-state index in [1.165, 1.54) is 18.2 Å². The smallest absolute Gasteiger partial charge is 0.324 e. The van der Waals surface area contributed by atoms with E-state index < -0.39 is 23.3 Å². The number of rotatable bonds is 3. The van der Waals surface area contributed by atoms with Crippen molar-refractivity contribution in [1.29, 1.82) is 0 Å². The van der Waals surface area contributed by atoms with Gasteiger partial charge in [-0.2, -0.15) is 0 Å². The van der Waals surface area contributed by atoms with Crippen LogP contribution in [-0.4, -0.2) is 34.8 Å². The molecule has 0 aromatic heterocycles. The van der Waals surface area contributed by atoms with E-state index >= 15 is 0 Å². The minimum absolute atomic E-state index is 0.290. The maximum Gasteiger partial charge on any atom is 0.325 e. The third-order valence-electron chi connectivity index (χ3n) is 4.86. The standard InChI is InChI=1S/C18H22FN3O3/c19-13-7-6-8-14(11-13)20-15(23)12-22-16(24)18(21-17(22)25)9-4-2-1-3-5-10-18/h6-8,11H,1-5,9-10,12H2,(H,20,23)(H,21,25). The molecule has 0 unspecified atom stereocenters. The van der Waals surface area contributed by atoms with Crippen LogP contribution in [-0.2, 0) is 9.59 Å². The second kappa shape index (κ2) is 7.21. The molecule has 1 heterocycles. The fourth-order valence-electron chi connectivity index (χ4n) is 3.58. The number of imide groups is 1. The van der Waals surface area contributed by atoms with E-state index in [4.69, 9.17) is 0 Å². The zero-order valence-electron chi connectivity index (χ0n) is 14.0. The summed E-state index contributed by atoms with van der Waals surface area (Å²) in [5, 5.41) is 5.32. The molecule has 7 heteroatoms. The van der Waals surface area contributed by atoms with E-state index in [-0.39, 0.29) is 18.1 Å². The molecule has 1 aromatic rings. The predicted octanol–water partition coefficient (Wildman–Crippen LogP) is 2.80. The normalized spacial score (nSPS) is 20.1. The van der Waals surface area contributed by atoms with Crippen LogP contribution in [0.15, 0.2) is 24.3 Å². The number of carbonyl (C=O) groups is 3. The van der Waals surface area contributed by atoms with Crippen molar-refractivity contribution < 1.29 is 18.8 Å². The Labute approximate surface area is 145 Å². The maximum absolute atomic E-state index is 13.2. The molecule has 0 bridgehead atoms. The molecule has 0 radical (unpaired) electrons. The van der Waals surface area contributed by atoms with Crippen molar-refractivity contribution in [2.24, 2.45) is 0 Å². The lowest BCUT2D eigenvalue weighted by Gasteiger charge is -2.28. The van der Waals surface area contributed by atoms with Gasteiger partial charge in [-0.05, 0) is 31.0 Å². The first-order valence-electron chi connectivity index (χ1n) is 8.70. The molecular weight excluding hydrogens is 325 g/mol. The fraction of sp³-hybridized carbons (Fsp3) is 0.500. The van der Waals surface area contributed by atoms with Crippen molar-refractivity contribution in [2.45, 2.75) is 50.5 Å². The quantitative estimate of drug-likeness (QED) is 0.825. The summed E-state index contributed by atoms with van der Waals surface area (Å²) in [4.78, 5) is 38.2. The SMILES string of the molecule is O=C(CN1C(=O)NC2(CCCCCCC2)C1=O)Nc1cccc(F)c1. The number of hydrogen-bond donors (Lipinski definition) is 2. The number of urea groups is 1. The van der Waals surface area contributed by atoms with Crippen molar-refractivity contribution in [3.8, 4) is 0 Å². The van der Waals surface area contributed by atoms with E-state index in [0.717, 1.165) is 37.0 Å². The lowest BCUT2D eigenvalue weighted by molar-refractivity contribution is -0.134. The van der Waals surface area contributed by atoms with Gasteiger partial charge in [0.15, 0.2) is 0 Å². The number of amides is 4. The van der Waals surface area contributed by atoms with Crippen molar-refractivity contribution in [3.05, 3.63) is 30.1 Å². The molecule has 1 saturated heterocycles. The first-order chi connectivity index (χ1) is 12.0. The molecule has 4 amide bonds. The number of halogens is 1. The van der Waals surface area contributed by atoms with Crippen LogP contribution in [0.2, 0.25) is 0 Å². The van der Waals surface area contributed by atoms with Crippen LogP contribution in [0.3, 0.4) is 0 Å². The van der Waals surface area contributed by atoms with Gasteiger partial charge in [0.2, 0.25) is 5.91 Å². The average molecular weight is 347 g/mol. The summed E-state index contributed by atoms with van der Waals surface area (Å²) in [6, 6.07) is 4.94. The molecule has 6 nitrogen and oxygen atoms in total. The number of anilines is 1. The Morgan fingerprint density at radius 3 is 2.52 bits per heavy atom. The lowest BCUT2D eigenvalue weighted by atomic mass is 9.84. The highest BCUT2D eigenvalue weighted by molar-refractivity contribution is 6.10. The number of carbonyl (C=O) groups excluding carboxylic acids is 3. The molecule has 1 aromatic carbocycles. The summed E-state index contributed by atoms with van der Waals surface area (Å²) in [7, 11) is 0. The van der Waals surface area contributed by atoms with Gasteiger partial charge in [0.05, 0.1) is 0 Å². The van der Waals surface area contributed by atoms with Crippen LogP contribution in [0.25, 0.3) is 0 Å². The Morgan fingerprint density at radius 2 is 1.84 bits per heavy atom. The Balaban J connectivity index is 1.66. The third-order valence-corrected chi connectivity index (χ3v) is 4.86. The molecule has 1 saturated carbocycles.